The summed E-state index contributed by atoms with van der Waals surface area (Å²) in [6.07, 6.45) is 1.03. The van der Waals surface area contributed by atoms with Crippen LogP contribution in [0.25, 0.3) is 0 Å². The lowest BCUT2D eigenvalue weighted by atomic mass is 9.98. The molecule has 9 nitrogen and oxygen atoms in total. The number of piperidine rings is 1. The highest BCUT2D eigenvalue weighted by molar-refractivity contribution is 7.89. The first-order chi connectivity index (χ1) is 11.9. The van der Waals surface area contributed by atoms with Gasteiger partial charge in [0.25, 0.3) is 5.69 Å². The maximum Gasteiger partial charge on any atom is 0.273 e. The van der Waals surface area contributed by atoms with Gasteiger partial charge in [-0.05, 0) is 18.9 Å². The number of hydrogen-bond acceptors (Lipinski definition) is 7. The molecule has 0 N–H and O–H groups in total. The molecule has 1 aromatic carbocycles. The third kappa shape index (κ3) is 3.61. The van der Waals surface area contributed by atoms with Crippen molar-refractivity contribution in [2.45, 2.75) is 24.0 Å². The summed E-state index contributed by atoms with van der Waals surface area (Å²) in [6, 6.07) is 3.52. The summed E-state index contributed by atoms with van der Waals surface area (Å²) in [6.45, 7) is 1.83. The van der Waals surface area contributed by atoms with Crippen LogP contribution in [0.4, 0.5) is 5.69 Å². The highest BCUT2D eigenvalue weighted by Crippen LogP contribution is 2.33. The quantitative estimate of drug-likeness (QED) is 0.567. The summed E-state index contributed by atoms with van der Waals surface area (Å²) < 4.78 is 43.2. The van der Waals surface area contributed by atoms with E-state index in [9.17, 15) is 18.5 Å². The van der Waals surface area contributed by atoms with Crippen LogP contribution in [0.3, 0.4) is 0 Å². The highest BCUT2D eigenvalue weighted by Gasteiger charge is 2.36. The van der Waals surface area contributed by atoms with Gasteiger partial charge in [-0.1, -0.05) is 0 Å². The second kappa shape index (κ2) is 7.24. The molecule has 1 aromatic rings. The monoisotopic (exact) mass is 372 g/mol. The van der Waals surface area contributed by atoms with Gasteiger partial charge < -0.3 is 14.2 Å². The molecular weight excluding hydrogens is 352 g/mol. The summed E-state index contributed by atoms with van der Waals surface area (Å²) in [4.78, 5) is 10.2. The molecule has 0 saturated carbocycles. The predicted octanol–water partition coefficient (Wildman–Crippen LogP) is 1.38. The summed E-state index contributed by atoms with van der Waals surface area (Å²) in [5.41, 5.74) is -0.218. The Morgan fingerprint density at radius 1 is 1.24 bits per heavy atom. The average Bonchev–Trinajstić information content (AvgIpc) is 3.15. The van der Waals surface area contributed by atoms with Crippen molar-refractivity contribution in [3.05, 3.63) is 28.3 Å². The summed E-state index contributed by atoms with van der Waals surface area (Å²) in [5, 5.41) is 10.9. The zero-order chi connectivity index (χ0) is 18.0. The van der Waals surface area contributed by atoms with E-state index >= 15 is 0 Å². The molecule has 2 saturated heterocycles. The zero-order valence-corrected chi connectivity index (χ0v) is 14.6. The lowest BCUT2D eigenvalue weighted by molar-refractivity contribution is -0.385. The number of sulfonamides is 1. The van der Waals surface area contributed by atoms with Gasteiger partial charge >= 0.3 is 0 Å². The molecule has 3 rings (SSSR count). The van der Waals surface area contributed by atoms with E-state index in [2.05, 4.69) is 0 Å². The molecule has 0 bridgehead atoms. The predicted molar refractivity (Wildman–Crippen MR) is 86.8 cm³/mol. The van der Waals surface area contributed by atoms with Crippen molar-refractivity contribution in [2.24, 2.45) is 5.92 Å². The molecule has 0 unspecified atom stereocenters. The molecule has 10 heteroatoms. The number of non-ortho nitro benzene ring substituents is 1. The Kier molecular flexibility index (Phi) is 5.23. The van der Waals surface area contributed by atoms with Gasteiger partial charge in [-0.25, -0.2) is 8.42 Å². The van der Waals surface area contributed by atoms with E-state index in [1.807, 2.05) is 0 Å². The summed E-state index contributed by atoms with van der Waals surface area (Å²) in [5.74, 6) is 0.145. The van der Waals surface area contributed by atoms with Crippen molar-refractivity contribution in [1.82, 2.24) is 4.31 Å². The second-order valence-electron chi connectivity index (χ2n) is 5.94. The number of benzene rings is 1. The average molecular weight is 372 g/mol. The van der Waals surface area contributed by atoms with Crippen LogP contribution in [0.2, 0.25) is 0 Å². The number of nitrogens with zero attached hydrogens (tertiary/aromatic N) is 2. The summed E-state index contributed by atoms with van der Waals surface area (Å²) in [7, 11) is -2.50. The Labute approximate surface area is 145 Å². The smallest absolute Gasteiger partial charge is 0.273 e. The van der Waals surface area contributed by atoms with Crippen LogP contribution in [0, 0.1) is 16.0 Å². The van der Waals surface area contributed by atoms with Gasteiger partial charge in [-0.2, -0.15) is 4.31 Å². The van der Waals surface area contributed by atoms with Crippen LogP contribution in [0.5, 0.6) is 5.75 Å². The fourth-order valence-electron chi connectivity index (χ4n) is 3.16. The Morgan fingerprint density at radius 3 is 2.44 bits per heavy atom. The van der Waals surface area contributed by atoms with Gasteiger partial charge in [0.2, 0.25) is 10.0 Å². The van der Waals surface area contributed by atoms with Gasteiger partial charge in [-0.3, -0.25) is 10.1 Å². The maximum absolute atomic E-state index is 12.9. The molecule has 0 aliphatic carbocycles. The molecule has 0 amide bonds. The number of rotatable bonds is 5. The minimum atomic E-state index is -3.79. The number of hydrogen-bond donors (Lipinski definition) is 0. The molecule has 0 radical (unpaired) electrons. The van der Waals surface area contributed by atoms with E-state index in [0.29, 0.717) is 39.1 Å². The van der Waals surface area contributed by atoms with E-state index in [1.54, 1.807) is 0 Å². The van der Waals surface area contributed by atoms with Gasteiger partial charge in [0.05, 0.1) is 31.3 Å². The second-order valence-corrected chi connectivity index (χ2v) is 7.85. The molecule has 2 aliphatic rings. The topological polar surface area (TPSA) is 108 Å². The lowest BCUT2D eigenvalue weighted by Gasteiger charge is -2.33. The highest BCUT2D eigenvalue weighted by atomic mass is 32.2. The molecule has 0 atom stereocenters. The van der Waals surface area contributed by atoms with Crippen LogP contribution in [0.15, 0.2) is 23.1 Å². The Morgan fingerprint density at radius 2 is 1.88 bits per heavy atom. The number of ether oxygens (including phenoxy) is 3. The molecule has 0 spiro atoms. The fourth-order valence-corrected chi connectivity index (χ4v) is 4.77. The molecular formula is C15H20N2O7S. The van der Waals surface area contributed by atoms with E-state index < -0.39 is 14.9 Å². The standard InChI is InChI=1S/C15H20N2O7S/c1-22-13-10-12(17(18)19)2-3-14(13)25(20,21)16-6-4-11(5-7-16)15-23-8-9-24-15/h2-3,10-11,15H,4-9H2,1H3. The number of nitro groups is 1. The SMILES string of the molecule is COc1cc([N+](=O)[O-])ccc1S(=O)(=O)N1CCC(C2OCCO2)CC1. The molecule has 2 fully saturated rings. The Bertz CT molecular complexity index is 738. The van der Waals surface area contributed by atoms with Crippen LogP contribution >= 0.6 is 0 Å². The fraction of sp³-hybridized carbons (Fsp3) is 0.600. The molecule has 2 heterocycles. The van der Waals surface area contributed by atoms with Crippen molar-refractivity contribution in [2.75, 3.05) is 33.4 Å². The first-order valence-corrected chi connectivity index (χ1v) is 9.43. The van der Waals surface area contributed by atoms with Crippen LogP contribution in [0.1, 0.15) is 12.8 Å². The Hall–Kier alpha value is -1.75. The minimum Gasteiger partial charge on any atom is -0.495 e. The normalized spacial score (nSPS) is 20.7. The first-order valence-electron chi connectivity index (χ1n) is 7.99. The molecule has 0 aromatic heterocycles. The van der Waals surface area contributed by atoms with Crippen LogP contribution in [-0.2, 0) is 19.5 Å². The van der Waals surface area contributed by atoms with Gasteiger partial charge in [0.1, 0.15) is 10.6 Å². The van der Waals surface area contributed by atoms with Crippen molar-refractivity contribution >= 4 is 15.7 Å². The third-order valence-corrected chi connectivity index (χ3v) is 6.44. The van der Waals surface area contributed by atoms with Crippen molar-refractivity contribution < 1.29 is 27.6 Å². The Balaban J connectivity index is 1.77. The number of nitro benzene ring substituents is 1. The van der Waals surface area contributed by atoms with Crippen molar-refractivity contribution in [3.63, 3.8) is 0 Å². The van der Waals surface area contributed by atoms with E-state index in [4.69, 9.17) is 14.2 Å². The van der Waals surface area contributed by atoms with Crippen molar-refractivity contribution in [1.29, 1.82) is 0 Å². The maximum atomic E-state index is 12.9. The molecule has 138 valence electrons. The van der Waals surface area contributed by atoms with E-state index in [-0.39, 0.29) is 28.5 Å². The van der Waals surface area contributed by atoms with Gasteiger partial charge in [-0.15, -0.1) is 0 Å². The van der Waals surface area contributed by atoms with Gasteiger partial charge in [0, 0.05) is 25.1 Å². The molecule has 2 aliphatic heterocycles. The lowest BCUT2D eigenvalue weighted by Crippen LogP contribution is -2.41. The van der Waals surface area contributed by atoms with E-state index in [1.165, 1.54) is 23.5 Å². The minimum absolute atomic E-state index is 0.0289. The third-order valence-electron chi connectivity index (χ3n) is 4.51. The first kappa shape index (κ1) is 18.1. The molecule has 25 heavy (non-hydrogen) atoms. The van der Waals surface area contributed by atoms with Gasteiger partial charge in [0.15, 0.2) is 6.29 Å². The summed E-state index contributed by atoms with van der Waals surface area (Å²) >= 11 is 0. The number of methoxy groups -OCH3 is 1. The van der Waals surface area contributed by atoms with Crippen LogP contribution < -0.4 is 4.74 Å². The van der Waals surface area contributed by atoms with Crippen molar-refractivity contribution in [3.8, 4) is 5.75 Å². The van der Waals surface area contributed by atoms with E-state index in [0.717, 1.165) is 6.07 Å². The largest absolute Gasteiger partial charge is 0.495 e. The zero-order valence-electron chi connectivity index (χ0n) is 13.8. The van der Waals surface area contributed by atoms with Crippen LogP contribution in [-0.4, -0.2) is 57.3 Å².